The monoisotopic (exact) mass is 339 g/mol. The Morgan fingerprint density at radius 1 is 0.917 bits per heavy atom. The second kappa shape index (κ2) is 17.0. The minimum atomic E-state index is -0.292. The second-order valence-electron chi connectivity index (χ2n) is 7.04. The average Bonchev–Trinajstić information content (AvgIpc) is 2.53. The molecule has 0 spiro atoms. The van der Waals surface area contributed by atoms with Gasteiger partial charge in [0.2, 0.25) is 0 Å². The second-order valence-corrected chi connectivity index (χ2v) is 7.04. The first-order valence-corrected chi connectivity index (χ1v) is 10.2. The van der Waals surface area contributed by atoms with Gasteiger partial charge in [-0.05, 0) is 25.8 Å². The third kappa shape index (κ3) is 16.0. The molecule has 0 bridgehead atoms. The number of ether oxygens (including phenoxy) is 1. The fourth-order valence-corrected chi connectivity index (χ4v) is 2.85. The number of rotatable bonds is 16. The van der Waals surface area contributed by atoms with E-state index in [0.717, 1.165) is 6.42 Å². The van der Waals surface area contributed by atoms with Crippen molar-refractivity contribution in [1.29, 1.82) is 0 Å². The lowest BCUT2D eigenvalue weighted by Gasteiger charge is -2.16. The van der Waals surface area contributed by atoms with Crippen LogP contribution in [0.15, 0.2) is 12.2 Å². The van der Waals surface area contributed by atoms with Crippen molar-refractivity contribution in [3.8, 4) is 0 Å². The van der Waals surface area contributed by atoms with Gasteiger partial charge in [0.05, 0.1) is 0 Å². The summed E-state index contributed by atoms with van der Waals surface area (Å²) in [6.07, 6.45) is 21.2. The van der Waals surface area contributed by atoms with Gasteiger partial charge in [0.1, 0.15) is 6.10 Å². The molecule has 0 saturated heterocycles. The maximum Gasteiger partial charge on any atom is 0.303 e. The van der Waals surface area contributed by atoms with Crippen LogP contribution in [0.2, 0.25) is 0 Å². The highest BCUT2D eigenvalue weighted by atomic mass is 16.5. The van der Waals surface area contributed by atoms with E-state index < -0.39 is 0 Å². The minimum Gasteiger partial charge on any atom is -0.457 e. The van der Waals surface area contributed by atoms with Gasteiger partial charge in [0.15, 0.2) is 0 Å². The first kappa shape index (κ1) is 23.2. The summed E-state index contributed by atoms with van der Waals surface area (Å²) >= 11 is 0. The van der Waals surface area contributed by atoms with Crippen LogP contribution < -0.4 is 5.73 Å². The molecule has 0 aromatic rings. The van der Waals surface area contributed by atoms with E-state index in [0.29, 0.717) is 0 Å². The van der Waals surface area contributed by atoms with Crippen LogP contribution in [-0.4, -0.2) is 18.1 Å². The normalized spacial score (nSPS) is 14.0. The Morgan fingerprint density at radius 3 is 1.79 bits per heavy atom. The van der Waals surface area contributed by atoms with Crippen LogP contribution in [0.4, 0.5) is 0 Å². The van der Waals surface area contributed by atoms with Gasteiger partial charge in [-0.2, -0.15) is 0 Å². The van der Waals surface area contributed by atoms with Crippen LogP contribution in [0.1, 0.15) is 104 Å². The summed E-state index contributed by atoms with van der Waals surface area (Å²) in [7, 11) is 0. The van der Waals surface area contributed by atoms with E-state index in [9.17, 15) is 4.79 Å². The molecular weight excluding hydrogens is 298 g/mol. The Morgan fingerprint density at radius 2 is 1.38 bits per heavy atom. The lowest BCUT2D eigenvalue weighted by Crippen LogP contribution is -2.33. The highest BCUT2D eigenvalue weighted by Gasteiger charge is 2.12. The number of hydrogen-bond acceptors (Lipinski definition) is 3. The molecule has 0 aromatic heterocycles. The molecule has 0 aliphatic heterocycles. The van der Waals surface area contributed by atoms with Gasteiger partial charge >= 0.3 is 5.97 Å². The van der Waals surface area contributed by atoms with Crippen molar-refractivity contribution in [3.63, 3.8) is 0 Å². The highest BCUT2D eigenvalue weighted by molar-refractivity contribution is 5.66. The van der Waals surface area contributed by atoms with E-state index in [1.807, 2.05) is 13.0 Å². The molecule has 0 saturated carbocycles. The zero-order chi connectivity index (χ0) is 18.0. The predicted molar refractivity (Wildman–Crippen MR) is 104 cm³/mol. The number of hydrogen-bond donors (Lipinski definition) is 1. The number of allylic oxidation sites excluding steroid dienone is 1. The molecule has 0 heterocycles. The van der Waals surface area contributed by atoms with Gasteiger partial charge in [-0.1, -0.05) is 83.6 Å². The maximum absolute atomic E-state index is 11.0. The van der Waals surface area contributed by atoms with Crippen molar-refractivity contribution >= 4 is 5.97 Å². The van der Waals surface area contributed by atoms with E-state index in [1.165, 1.54) is 84.0 Å². The van der Waals surface area contributed by atoms with E-state index in [1.54, 1.807) is 0 Å². The SMILES string of the molecule is CCCCCCCCCCCCCC/C=C/C(OC(C)=O)C(C)N. The van der Waals surface area contributed by atoms with Crippen molar-refractivity contribution in [1.82, 2.24) is 0 Å². The summed E-state index contributed by atoms with van der Waals surface area (Å²) in [5.74, 6) is -0.271. The van der Waals surface area contributed by atoms with Crippen LogP contribution in [-0.2, 0) is 9.53 Å². The lowest BCUT2D eigenvalue weighted by molar-refractivity contribution is -0.144. The van der Waals surface area contributed by atoms with Crippen LogP contribution in [0.5, 0.6) is 0 Å². The van der Waals surface area contributed by atoms with Crippen molar-refractivity contribution in [2.45, 2.75) is 116 Å². The largest absolute Gasteiger partial charge is 0.457 e. The summed E-state index contributed by atoms with van der Waals surface area (Å²) in [6, 6.07) is -0.160. The molecule has 3 heteroatoms. The smallest absolute Gasteiger partial charge is 0.303 e. The zero-order valence-electron chi connectivity index (χ0n) is 16.4. The maximum atomic E-state index is 11.0. The molecule has 3 nitrogen and oxygen atoms in total. The summed E-state index contributed by atoms with van der Waals surface area (Å²) in [5.41, 5.74) is 5.81. The Labute approximate surface area is 150 Å². The van der Waals surface area contributed by atoms with Gasteiger partial charge in [-0.15, -0.1) is 0 Å². The molecule has 142 valence electrons. The van der Waals surface area contributed by atoms with Crippen LogP contribution >= 0.6 is 0 Å². The molecule has 0 rings (SSSR count). The number of carbonyl (C=O) groups excluding carboxylic acids is 1. The number of unbranched alkanes of at least 4 members (excludes halogenated alkanes) is 12. The minimum absolute atomic E-state index is 0.160. The average molecular weight is 340 g/mol. The summed E-state index contributed by atoms with van der Waals surface area (Å²) in [6.45, 7) is 5.56. The molecule has 0 amide bonds. The Kier molecular flexibility index (Phi) is 16.4. The first-order chi connectivity index (χ1) is 11.6. The number of nitrogens with two attached hydrogens (primary N) is 1. The third-order valence-electron chi connectivity index (χ3n) is 4.37. The number of carbonyl (C=O) groups is 1. The molecule has 0 aliphatic rings. The Bertz CT molecular complexity index is 313. The quantitative estimate of drug-likeness (QED) is 0.216. The molecule has 2 N–H and O–H groups in total. The molecule has 0 fully saturated rings. The van der Waals surface area contributed by atoms with E-state index in [4.69, 9.17) is 10.5 Å². The molecule has 0 aliphatic carbocycles. The first-order valence-electron chi connectivity index (χ1n) is 10.2. The van der Waals surface area contributed by atoms with Crippen LogP contribution in [0.25, 0.3) is 0 Å². The highest BCUT2D eigenvalue weighted by Crippen LogP contribution is 2.12. The van der Waals surface area contributed by atoms with Gasteiger partial charge in [-0.25, -0.2) is 0 Å². The molecule has 24 heavy (non-hydrogen) atoms. The van der Waals surface area contributed by atoms with Gasteiger partial charge in [-0.3, -0.25) is 4.79 Å². The molecule has 0 radical (unpaired) electrons. The predicted octanol–water partition coefficient (Wildman–Crippen LogP) is 5.91. The molecule has 2 atom stereocenters. The summed E-state index contributed by atoms with van der Waals surface area (Å²) in [5, 5.41) is 0. The third-order valence-corrected chi connectivity index (χ3v) is 4.37. The van der Waals surface area contributed by atoms with Gasteiger partial charge in [0.25, 0.3) is 0 Å². The zero-order valence-corrected chi connectivity index (χ0v) is 16.4. The number of esters is 1. The molecular formula is C21H41NO2. The van der Waals surface area contributed by atoms with Gasteiger partial charge < -0.3 is 10.5 Å². The van der Waals surface area contributed by atoms with Crippen LogP contribution in [0, 0.1) is 0 Å². The van der Waals surface area contributed by atoms with Crippen molar-refractivity contribution in [2.75, 3.05) is 0 Å². The van der Waals surface area contributed by atoms with Crippen molar-refractivity contribution in [2.24, 2.45) is 5.73 Å². The topological polar surface area (TPSA) is 52.3 Å². The van der Waals surface area contributed by atoms with E-state index >= 15 is 0 Å². The molecule has 2 unspecified atom stereocenters. The van der Waals surface area contributed by atoms with Gasteiger partial charge in [0, 0.05) is 13.0 Å². The van der Waals surface area contributed by atoms with Crippen molar-refractivity contribution < 1.29 is 9.53 Å². The Hall–Kier alpha value is -0.830. The summed E-state index contributed by atoms with van der Waals surface area (Å²) < 4.78 is 5.17. The van der Waals surface area contributed by atoms with Crippen LogP contribution in [0.3, 0.4) is 0 Å². The fourth-order valence-electron chi connectivity index (χ4n) is 2.85. The standard InChI is InChI=1S/C21H41NO2/c1-4-5-6-7-8-9-10-11-12-13-14-15-16-17-18-21(19(2)22)24-20(3)23/h17-19,21H,4-16,22H2,1-3H3/b18-17+. The Balaban J connectivity index is 3.40. The van der Waals surface area contributed by atoms with E-state index in [2.05, 4.69) is 13.0 Å². The summed E-state index contributed by atoms with van der Waals surface area (Å²) in [4.78, 5) is 11.0. The van der Waals surface area contributed by atoms with Crippen molar-refractivity contribution in [3.05, 3.63) is 12.2 Å². The fraction of sp³-hybridized carbons (Fsp3) is 0.857. The molecule has 0 aromatic carbocycles. The lowest BCUT2D eigenvalue weighted by atomic mass is 10.0. The van der Waals surface area contributed by atoms with E-state index in [-0.39, 0.29) is 18.1 Å².